The van der Waals surface area contributed by atoms with Crippen molar-refractivity contribution in [1.82, 2.24) is 10.1 Å². The summed E-state index contributed by atoms with van der Waals surface area (Å²) in [7, 11) is 0. The molecule has 0 fully saturated rings. The molecular formula is C14H9F2N3O. The first-order chi connectivity index (χ1) is 9.65. The molecule has 0 bridgehead atoms. The smallest absolute Gasteiger partial charge is 0.230 e. The Balaban J connectivity index is 2.22. The summed E-state index contributed by atoms with van der Waals surface area (Å²) in [5.41, 5.74) is 7.46. The first kappa shape index (κ1) is 12.3. The molecule has 20 heavy (non-hydrogen) atoms. The van der Waals surface area contributed by atoms with Crippen molar-refractivity contribution in [2.75, 3.05) is 5.73 Å². The van der Waals surface area contributed by atoms with Crippen LogP contribution in [-0.2, 0) is 0 Å². The van der Waals surface area contributed by atoms with Crippen LogP contribution in [0.25, 0.3) is 22.4 Å². The summed E-state index contributed by atoms with van der Waals surface area (Å²) >= 11 is 0. The summed E-state index contributed by atoms with van der Waals surface area (Å²) in [6.07, 6.45) is 3.16. The topological polar surface area (TPSA) is 64.9 Å². The van der Waals surface area contributed by atoms with E-state index in [9.17, 15) is 8.78 Å². The number of benzene rings is 1. The van der Waals surface area contributed by atoms with Gasteiger partial charge in [0.05, 0.1) is 5.56 Å². The molecule has 0 aliphatic carbocycles. The van der Waals surface area contributed by atoms with Crippen LogP contribution >= 0.6 is 0 Å². The second kappa shape index (κ2) is 4.73. The fourth-order valence-electron chi connectivity index (χ4n) is 1.99. The van der Waals surface area contributed by atoms with E-state index in [0.29, 0.717) is 16.8 Å². The van der Waals surface area contributed by atoms with Crippen molar-refractivity contribution in [3.63, 3.8) is 0 Å². The van der Waals surface area contributed by atoms with Crippen molar-refractivity contribution < 1.29 is 13.3 Å². The summed E-state index contributed by atoms with van der Waals surface area (Å²) in [5.74, 6) is -1.38. The molecule has 0 radical (unpaired) electrons. The zero-order valence-electron chi connectivity index (χ0n) is 10.2. The van der Waals surface area contributed by atoms with Gasteiger partial charge in [0.1, 0.15) is 17.3 Å². The van der Waals surface area contributed by atoms with Crippen molar-refractivity contribution in [2.45, 2.75) is 0 Å². The van der Waals surface area contributed by atoms with Gasteiger partial charge < -0.3 is 10.3 Å². The van der Waals surface area contributed by atoms with Crippen molar-refractivity contribution in [3.05, 3.63) is 54.4 Å². The van der Waals surface area contributed by atoms with Gasteiger partial charge in [-0.05, 0) is 29.8 Å². The average Bonchev–Trinajstić information content (AvgIpc) is 2.80. The molecule has 0 atom stereocenters. The van der Waals surface area contributed by atoms with E-state index in [-0.39, 0.29) is 11.4 Å². The van der Waals surface area contributed by atoms with E-state index < -0.39 is 11.6 Å². The van der Waals surface area contributed by atoms with E-state index in [4.69, 9.17) is 10.3 Å². The highest BCUT2D eigenvalue weighted by molar-refractivity contribution is 5.86. The minimum Gasteiger partial charge on any atom is -0.367 e. The Labute approximate surface area is 112 Å². The summed E-state index contributed by atoms with van der Waals surface area (Å²) in [4.78, 5) is 3.90. The SMILES string of the molecule is Nc1onc(-c2ccncc2)c1-c1cc(F)cc(F)c1. The number of rotatable bonds is 2. The first-order valence-corrected chi connectivity index (χ1v) is 5.77. The van der Waals surface area contributed by atoms with Gasteiger partial charge in [0, 0.05) is 24.0 Å². The molecule has 0 amide bonds. The van der Waals surface area contributed by atoms with Crippen LogP contribution in [0.5, 0.6) is 0 Å². The Kier molecular flexibility index (Phi) is 2.90. The van der Waals surface area contributed by atoms with Crippen LogP contribution in [-0.4, -0.2) is 10.1 Å². The van der Waals surface area contributed by atoms with E-state index in [2.05, 4.69) is 10.1 Å². The maximum atomic E-state index is 13.3. The van der Waals surface area contributed by atoms with Crippen molar-refractivity contribution >= 4 is 5.88 Å². The molecule has 3 aromatic rings. The lowest BCUT2D eigenvalue weighted by atomic mass is 10.0. The van der Waals surface area contributed by atoms with Crippen LogP contribution in [0.3, 0.4) is 0 Å². The minimum atomic E-state index is -0.693. The van der Waals surface area contributed by atoms with Crippen LogP contribution in [0.4, 0.5) is 14.7 Å². The molecule has 0 spiro atoms. The highest BCUT2D eigenvalue weighted by Crippen LogP contribution is 2.36. The zero-order valence-corrected chi connectivity index (χ0v) is 10.2. The Bertz CT molecular complexity index is 736. The number of hydrogen-bond acceptors (Lipinski definition) is 4. The second-order valence-electron chi connectivity index (χ2n) is 4.16. The van der Waals surface area contributed by atoms with Gasteiger partial charge in [-0.25, -0.2) is 8.78 Å². The Morgan fingerprint density at radius 3 is 2.25 bits per heavy atom. The zero-order chi connectivity index (χ0) is 14.1. The summed E-state index contributed by atoms with van der Waals surface area (Å²) in [6, 6.07) is 6.56. The molecule has 2 N–H and O–H groups in total. The molecule has 0 unspecified atom stereocenters. The van der Waals surface area contributed by atoms with Crippen molar-refractivity contribution in [3.8, 4) is 22.4 Å². The maximum Gasteiger partial charge on any atom is 0.230 e. The molecule has 2 aromatic heterocycles. The van der Waals surface area contributed by atoms with Gasteiger partial charge in [0.25, 0.3) is 0 Å². The molecule has 0 saturated carbocycles. The van der Waals surface area contributed by atoms with Gasteiger partial charge in [-0.3, -0.25) is 4.98 Å². The third-order valence-electron chi connectivity index (χ3n) is 2.82. The predicted molar refractivity (Wildman–Crippen MR) is 69.5 cm³/mol. The van der Waals surface area contributed by atoms with Gasteiger partial charge in [0.15, 0.2) is 0 Å². The van der Waals surface area contributed by atoms with Gasteiger partial charge in [-0.2, -0.15) is 0 Å². The number of hydrogen-bond donors (Lipinski definition) is 1. The molecule has 1 aromatic carbocycles. The maximum absolute atomic E-state index is 13.3. The number of halogens is 2. The Morgan fingerprint density at radius 2 is 1.60 bits per heavy atom. The number of anilines is 1. The van der Waals surface area contributed by atoms with Crippen molar-refractivity contribution in [1.29, 1.82) is 0 Å². The van der Waals surface area contributed by atoms with E-state index in [1.807, 2.05) is 0 Å². The lowest BCUT2D eigenvalue weighted by Crippen LogP contribution is -1.90. The van der Waals surface area contributed by atoms with Gasteiger partial charge in [-0.15, -0.1) is 0 Å². The van der Waals surface area contributed by atoms with Gasteiger partial charge in [-0.1, -0.05) is 5.16 Å². The molecule has 0 aliphatic rings. The number of nitrogen functional groups attached to an aromatic ring is 1. The molecule has 100 valence electrons. The quantitative estimate of drug-likeness (QED) is 0.778. The van der Waals surface area contributed by atoms with Gasteiger partial charge >= 0.3 is 0 Å². The van der Waals surface area contributed by atoms with E-state index >= 15 is 0 Å². The van der Waals surface area contributed by atoms with Crippen LogP contribution in [0.2, 0.25) is 0 Å². The monoisotopic (exact) mass is 273 g/mol. The second-order valence-corrected chi connectivity index (χ2v) is 4.16. The molecule has 0 aliphatic heterocycles. The molecule has 3 rings (SSSR count). The lowest BCUT2D eigenvalue weighted by Gasteiger charge is -2.03. The van der Waals surface area contributed by atoms with Crippen molar-refractivity contribution in [2.24, 2.45) is 0 Å². The van der Waals surface area contributed by atoms with Crippen LogP contribution in [0.15, 0.2) is 47.2 Å². The molecule has 0 saturated heterocycles. The number of nitrogens with zero attached hydrogens (tertiary/aromatic N) is 2. The average molecular weight is 273 g/mol. The van der Waals surface area contributed by atoms with E-state index in [1.165, 1.54) is 12.1 Å². The fraction of sp³-hybridized carbons (Fsp3) is 0. The third-order valence-corrected chi connectivity index (χ3v) is 2.82. The highest BCUT2D eigenvalue weighted by atomic mass is 19.1. The van der Waals surface area contributed by atoms with Crippen LogP contribution in [0.1, 0.15) is 0 Å². The molecule has 4 nitrogen and oxygen atoms in total. The van der Waals surface area contributed by atoms with Gasteiger partial charge in [0.2, 0.25) is 5.88 Å². The molecular weight excluding hydrogens is 264 g/mol. The summed E-state index contributed by atoms with van der Waals surface area (Å²) in [5, 5.41) is 3.85. The predicted octanol–water partition coefficient (Wildman–Crippen LogP) is 3.26. The largest absolute Gasteiger partial charge is 0.367 e. The van der Waals surface area contributed by atoms with E-state index in [0.717, 1.165) is 6.07 Å². The summed E-state index contributed by atoms with van der Waals surface area (Å²) in [6.45, 7) is 0. The first-order valence-electron chi connectivity index (χ1n) is 5.77. The minimum absolute atomic E-state index is 0.00168. The summed E-state index contributed by atoms with van der Waals surface area (Å²) < 4.78 is 31.6. The Morgan fingerprint density at radius 1 is 0.950 bits per heavy atom. The van der Waals surface area contributed by atoms with Crippen LogP contribution in [0, 0.1) is 11.6 Å². The Hall–Kier alpha value is -2.76. The lowest BCUT2D eigenvalue weighted by molar-refractivity contribution is 0.439. The standard InChI is InChI=1S/C14H9F2N3O/c15-10-5-9(6-11(16)7-10)12-13(19-20-14(12)17)8-1-3-18-4-2-8/h1-7H,17H2. The number of aromatic nitrogens is 2. The number of nitrogens with two attached hydrogens (primary N) is 1. The normalized spacial score (nSPS) is 10.7. The van der Waals surface area contributed by atoms with E-state index in [1.54, 1.807) is 24.5 Å². The molecule has 2 heterocycles. The number of pyridine rings is 1. The van der Waals surface area contributed by atoms with Crippen LogP contribution < -0.4 is 5.73 Å². The third kappa shape index (κ3) is 2.11. The fourth-order valence-corrected chi connectivity index (χ4v) is 1.99. The highest BCUT2D eigenvalue weighted by Gasteiger charge is 2.18. The molecule has 6 heteroatoms.